The lowest BCUT2D eigenvalue weighted by Gasteiger charge is -2.30. The molecule has 1 fully saturated rings. The number of likely N-dealkylation sites (N-methyl/N-ethyl adjacent to an activating group) is 1. The summed E-state index contributed by atoms with van der Waals surface area (Å²) in [6.45, 7) is 2.61. The quantitative estimate of drug-likeness (QED) is 0.928. The average Bonchev–Trinajstić information content (AvgIpc) is 2.97. The van der Waals surface area contributed by atoms with E-state index >= 15 is 0 Å². The fourth-order valence-electron chi connectivity index (χ4n) is 2.42. The molecule has 3 rings (SSSR count). The van der Waals surface area contributed by atoms with Gasteiger partial charge in [-0.2, -0.15) is 4.98 Å². The highest BCUT2D eigenvalue weighted by Gasteiger charge is 2.26. The van der Waals surface area contributed by atoms with E-state index in [4.69, 9.17) is 9.26 Å². The second kappa shape index (κ2) is 7.04. The molecule has 1 aromatic carbocycles. The molecule has 1 aliphatic rings. The molecule has 1 aliphatic heterocycles. The van der Waals surface area contributed by atoms with Crippen molar-refractivity contribution in [3.8, 4) is 17.2 Å². The van der Waals surface area contributed by atoms with Gasteiger partial charge in [-0.1, -0.05) is 5.16 Å². The van der Waals surface area contributed by atoms with Gasteiger partial charge in [0.1, 0.15) is 11.6 Å². The van der Waals surface area contributed by atoms with Crippen molar-refractivity contribution in [1.29, 1.82) is 0 Å². The molecule has 0 spiro atoms. The van der Waals surface area contributed by atoms with Crippen molar-refractivity contribution in [1.82, 2.24) is 20.4 Å². The molecule has 6 nitrogen and oxygen atoms in total. The zero-order valence-corrected chi connectivity index (χ0v) is 13.2. The van der Waals surface area contributed by atoms with E-state index in [-0.39, 0.29) is 30.2 Å². The number of halogens is 2. The Bertz CT molecular complexity index is 637. The van der Waals surface area contributed by atoms with Gasteiger partial charge in [0.25, 0.3) is 5.89 Å². The van der Waals surface area contributed by atoms with Crippen molar-refractivity contribution in [2.75, 3.05) is 33.8 Å². The third-order valence-electron chi connectivity index (χ3n) is 3.64. The standard InChI is InChI=1S/C14H17FN4O2.ClH/c1-19-6-5-16-8-11(19)13-17-14(21-18-13)10-7-9(15)3-4-12(10)20-2;/h3-4,7,11,16H,5-6,8H2,1-2H3;1H. The van der Waals surface area contributed by atoms with Crippen LogP contribution in [0, 0.1) is 5.82 Å². The van der Waals surface area contributed by atoms with Gasteiger partial charge >= 0.3 is 0 Å². The second-order valence-corrected chi connectivity index (χ2v) is 5.00. The lowest BCUT2D eigenvalue weighted by molar-refractivity contribution is 0.190. The van der Waals surface area contributed by atoms with E-state index in [9.17, 15) is 4.39 Å². The molecule has 1 unspecified atom stereocenters. The van der Waals surface area contributed by atoms with E-state index in [2.05, 4.69) is 20.4 Å². The largest absolute Gasteiger partial charge is 0.496 e. The van der Waals surface area contributed by atoms with Crippen LogP contribution in [0.25, 0.3) is 11.5 Å². The summed E-state index contributed by atoms with van der Waals surface area (Å²) in [5.41, 5.74) is 0.461. The summed E-state index contributed by atoms with van der Waals surface area (Å²) < 4.78 is 23.9. The minimum absolute atomic E-state index is 0. The van der Waals surface area contributed by atoms with Crippen molar-refractivity contribution in [2.24, 2.45) is 0 Å². The maximum atomic E-state index is 13.4. The van der Waals surface area contributed by atoms with Gasteiger partial charge in [-0.15, -0.1) is 12.4 Å². The summed E-state index contributed by atoms with van der Waals surface area (Å²) in [6.07, 6.45) is 0. The molecule has 0 saturated carbocycles. The van der Waals surface area contributed by atoms with Crippen molar-refractivity contribution in [3.05, 3.63) is 29.8 Å². The van der Waals surface area contributed by atoms with Crippen LogP contribution in [0.15, 0.2) is 22.7 Å². The summed E-state index contributed by atoms with van der Waals surface area (Å²) in [6, 6.07) is 4.26. The smallest absolute Gasteiger partial charge is 0.261 e. The molecule has 22 heavy (non-hydrogen) atoms. The number of ether oxygens (including phenoxy) is 1. The lowest BCUT2D eigenvalue weighted by Crippen LogP contribution is -2.44. The highest BCUT2D eigenvalue weighted by Crippen LogP contribution is 2.30. The van der Waals surface area contributed by atoms with Crippen LogP contribution < -0.4 is 10.1 Å². The molecule has 8 heteroatoms. The van der Waals surface area contributed by atoms with E-state index in [1.165, 1.54) is 19.2 Å². The zero-order valence-electron chi connectivity index (χ0n) is 12.4. The van der Waals surface area contributed by atoms with Gasteiger partial charge in [-0.05, 0) is 25.2 Å². The number of rotatable bonds is 3. The Labute approximate surface area is 134 Å². The molecule has 1 aromatic heterocycles. The van der Waals surface area contributed by atoms with Crippen LogP contribution in [0.3, 0.4) is 0 Å². The van der Waals surface area contributed by atoms with E-state index < -0.39 is 0 Å². The summed E-state index contributed by atoms with van der Waals surface area (Å²) in [7, 11) is 3.54. The number of benzene rings is 1. The number of piperazine rings is 1. The van der Waals surface area contributed by atoms with Gasteiger partial charge in [0.2, 0.25) is 0 Å². The fraction of sp³-hybridized carbons (Fsp3) is 0.429. The van der Waals surface area contributed by atoms with Crippen molar-refractivity contribution in [3.63, 3.8) is 0 Å². The van der Waals surface area contributed by atoms with Gasteiger partial charge in [-0.3, -0.25) is 4.90 Å². The van der Waals surface area contributed by atoms with Crippen LogP contribution in [-0.2, 0) is 0 Å². The zero-order chi connectivity index (χ0) is 14.8. The van der Waals surface area contributed by atoms with E-state index in [0.29, 0.717) is 17.1 Å². The molecule has 120 valence electrons. The van der Waals surface area contributed by atoms with Crippen LogP contribution in [0.4, 0.5) is 4.39 Å². The topological polar surface area (TPSA) is 63.4 Å². The molecular formula is C14H18ClFN4O2. The minimum Gasteiger partial charge on any atom is -0.496 e. The molecule has 0 amide bonds. The number of nitrogens with one attached hydrogen (secondary N) is 1. The number of methoxy groups -OCH3 is 1. The average molecular weight is 329 g/mol. The summed E-state index contributed by atoms with van der Waals surface area (Å²) in [5, 5.41) is 7.32. The van der Waals surface area contributed by atoms with E-state index in [0.717, 1.165) is 19.6 Å². The Kier molecular flexibility index (Phi) is 5.33. The van der Waals surface area contributed by atoms with E-state index in [1.54, 1.807) is 6.07 Å². The van der Waals surface area contributed by atoms with E-state index in [1.807, 2.05) is 7.05 Å². The first-order valence-corrected chi connectivity index (χ1v) is 6.77. The Hall–Kier alpha value is -1.70. The SMILES string of the molecule is COc1ccc(F)cc1-c1nc(C2CNCCN2C)no1.Cl. The molecule has 2 heterocycles. The molecule has 1 atom stereocenters. The maximum absolute atomic E-state index is 13.4. The number of aromatic nitrogens is 2. The fourth-order valence-corrected chi connectivity index (χ4v) is 2.42. The molecule has 0 bridgehead atoms. The third kappa shape index (κ3) is 3.21. The molecule has 1 N–H and O–H groups in total. The van der Waals surface area contributed by atoms with Crippen molar-refractivity contribution >= 4 is 12.4 Å². The first-order valence-electron chi connectivity index (χ1n) is 6.77. The minimum atomic E-state index is -0.373. The predicted molar refractivity (Wildman–Crippen MR) is 81.7 cm³/mol. The number of nitrogens with zero attached hydrogens (tertiary/aromatic N) is 3. The summed E-state index contributed by atoms with van der Waals surface area (Å²) in [5.74, 6) is 0.982. The second-order valence-electron chi connectivity index (χ2n) is 5.00. The first-order chi connectivity index (χ1) is 10.2. The first kappa shape index (κ1) is 16.7. The highest BCUT2D eigenvalue weighted by molar-refractivity contribution is 5.85. The van der Waals surface area contributed by atoms with Gasteiger partial charge in [0, 0.05) is 19.6 Å². The number of hydrogen-bond acceptors (Lipinski definition) is 6. The Morgan fingerprint density at radius 1 is 1.45 bits per heavy atom. The van der Waals surface area contributed by atoms with Crippen LogP contribution in [0.2, 0.25) is 0 Å². The molecular weight excluding hydrogens is 311 g/mol. The lowest BCUT2D eigenvalue weighted by atomic mass is 10.2. The number of hydrogen-bond donors (Lipinski definition) is 1. The summed E-state index contributed by atoms with van der Waals surface area (Å²) in [4.78, 5) is 6.56. The van der Waals surface area contributed by atoms with Gasteiger partial charge in [0.05, 0.1) is 18.7 Å². The molecule has 1 saturated heterocycles. The van der Waals surface area contributed by atoms with Crippen LogP contribution in [0.5, 0.6) is 5.75 Å². The van der Waals surface area contributed by atoms with Crippen LogP contribution >= 0.6 is 12.4 Å². The third-order valence-corrected chi connectivity index (χ3v) is 3.64. The molecule has 2 aromatic rings. The Balaban J connectivity index is 0.00000176. The highest BCUT2D eigenvalue weighted by atomic mass is 35.5. The van der Waals surface area contributed by atoms with Gasteiger partial charge < -0.3 is 14.6 Å². The van der Waals surface area contributed by atoms with Gasteiger partial charge in [0.15, 0.2) is 5.82 Å². The Morgan fingerprint density at radius 2 is 2.27 bits per heavy atom. The summed E-state index contributed by atoms with van der Waals surface area (Å²) >= 11 is 0. The van der Waals surface area contributed by atoms with Gasteiger partial charge in [-0.25, -0.2) is 4.39 Å². The van der Waals surface area contributed by atoms with Crippen LogP contribution in [-0.4, -0.2) is 48.8 Å². The predicted octanol–water partition coefficient (Wildman–Crippen LogP) is 1.88. The Morgan fingerprint density at radius 3 is 3.00 bits per heavy atom. The van der Waals surface area contributed by atoms with Crippen molar-refractivity contribution < 1.29 is 13.7 Å². The van der Waals surface area contributed by atoms with Crippen molar-refractivity contribution in [2.45, 2.75) is 6.04 Å². The molecule has 0 radical (unpaired) electrons. The normalized spacial score (nSPS) is 18.8. The maximum Gasteiger partial charge on any atom is 0.261 e. The van der Waals surface area contributed by atoms with Crippen LogP contribution in [0.1, 0.15) is 11.9 Å². The molecule has 0 aliphatic carbocycles. The monoisotopic (exact) mass is 328 g/mol.